The van der Waals surface area contributed by atoms with Crippen molar-refractivity contribution >= 4 is 17.0 Å². The number of aliphatic hydroxyl groups excluding tert-OH is 1. The smallest absolute Gasteiger partial charge is 0.357 e. The molecular formula is C23H20N4O4. The summed E-state index contributed by atoms with van der Waals surface area (Å²) in [4.78, 5) is 25.5. The monoisotopic (exact) mass is 416 g/mol. The number of aryl methyl sites for hydroxylation is 2. The van der Waals surface area contributed by atoms with E-state index >= 15 is 0 Å². The van der Waals surface area contributed by atoms with Crippen molar-refractivity contribution in [3.63, 3.8) is 0 Å². The molecule has 8 heteroatoms. The van der Waals surface area contributed by atoms with Gasteiger partial charge in [0.05, 0.1) is 18.2 Å². The number of benzene rings is 1. The van der Waals surface area contributed by atoms with Crippen molar-refractivity contribution in [1.82, 2.24) is 19.5 Å². The zero-order chi connectivity index (χ0) is 22.0. The van der Waals surface area contributed by atoms with Crippen LogP contribution in [0.2, 0.25) is 0 Å². The van der Waals surface area contributed by atoms with Crippen molar-refractivity contribution in [3.05, 3.63) is 65.6 Å². The predicted octanol–water partition coefficient (Wildman–Crippen LogP) is 3.19. The van der Waals surface area contributed by atoms with Crippen LogP contribution >= 0.6 is 0 Å². The standard InChI is InChI=1S/C23H20N4O4/c1-4-30-23(29)19-17-10-11-27(3)21(17)26-20(25-19)16-7-5-6-15(12-16)8-9-18(28)22-24-13-14(2)31-22/h5-7,10-13,18,28H,4H2,1-3H3. The Labute approximate surface area is 178 Å². The second-order valence-electron chi connectivity index (χ2n) is 6.84. The molecule has 0 aliphatic rings. The fourth-order valence-corrected chi connectivity index (χ4v) is 3.07. The fourth-order valence-electron chi connectivity index (χ4n) is 3.07. The lowest BCUT2D eigenvalue weighted by molar-refractivity contribution is 0.0522. The van der Waals surface area contributed by atoms with Crippen LogP contribution in [0.25, 0.3) is 22.4 Å². The van der Waals surface area contributed by atoms with Gasteiger partial charge < -0.3 is 18.8 Å². The van der Waals surface area contributed by atoms with Crippen LogP contribution in [0.4, 0.5) is 0 Å². The molecule has 4 rings (SSSR count). The van der Waals surface area contributed by atoms with Gasteiger partial charge >= 0.3 is 5.97 Å². The first-order chi connectivity index (χ1) is 15.0. The topological polar surface area (TPSA) is 103 Å². The minimum atomic E-state index is -1.14. The zero-order valence-electron chi connectivity index (χ0n) is 17.3. The quantitative estimate of drug-likeness (QED) is 0.402. The summed E-state index contributed by atoms with van der Waals surface area (Å²) in [6.45, 7) is 3.75. The average molecular weight is 416 g/mol. The van der Waals surface area contributed by atoms with E-state index in [1.54, 1.807) is 32.0 Å². The SMILES string of the molecule is CCOC(=O)c1nc(-c2cccc(C#CC(O)c3ncc(C)o3)c2)nc2c1ccn2C. The summed E-state index contributed by atoms with van der Waals surface area (Å²) in [5, 5.41) is 10.8. The number of hydrogen-bond acceptors (Lipinski definition) is 7. The van der Waals surface area contributed by atoms with Gasteiger partial charge in [0.25, 0.3) is 0 Å². The third kappa shape index (κ3) is 4.17. The number of hydrogen-bond donors (Lipinski definition) is 1. The van der Waals surface area contributed by atoms with E-state index in [9.17, 15) is 9.90 Å². The summed E-state index contributed by atoms with van der Waals surface area (Å²) < 4.78 is 12.3. The summed E-state index contributed by atoms with van der Waals surface area (Å²) in [5.74, 6) is 6.26. The van der Waals surface area contributed by atoms with Gasteiger partial charge in [0, 0.05) is 24.4 Å². The van der Waals surface area contributed by atoms with E-state index in [2.05, 4.69) is 26.8 Å². The first-order valence-electron chi connectivity index (χ1n) is 9.69. The summed E-state index contributed by atoms with van der Waals surface area (Å²) >= 11 is 0. The summed E-state index contributed by atoms with van der Waals surface area (Å²) in [5.41, 5.74) is 2.17. The average Bonchev–Trinajstić information content (AvgIpc) is 3.37. The van der Waals surface area contributed by atoms with Crippen LogP contribution in [0.3, 0.4) is 0 Å². The second kappa shape index (κ2) is 8.42. The Morgan fingerprint density at radius 3 is 2.90 bits per heavy atom. The van der Waals surface area contributed by atoms with Gasteiger partial charge in [-0.25, -0.2) is 19.7 Å². The number of aromatic nitrogens is 4. The molecule has 1 N–H and O–H groups in total. The van der Waals surface area contributed by atoms with E-state index < -0.39 is 12.1 Å². The molecular weight excluding hydrogens is 396 g/mol. The van der Waals surface area contributed by atoms with Crippen LogP contribution in [-0.2, 0) is 11.8 Å². The van der Waals surface area contributed by atoms with Crippen molar-refractivity contribution in [3.8, 4) is 23.2 Å². The maximum absolute atomic E-state index is 12.4. The number of carbonyl (C=O) groups is 1. The molecule has 0 saturated carbocycles. The molecule has 0 spiro atoms. The van der Waals surface area contributed by atoms with Crippen LogP contribution in [0.15, 0.2) is 47.1 Å². The van der Waals surface area contributed by atoms with Crippen LogP contribution in [0, 0.1) is 18.8 Å². The van der Waals surface area contributed by atoms with Gasteiger partial charge in [-0.3, -0.25) is 0 Å². The first kappa shape index (κ1) is 20.3. The predicted molar refractivity (Wildman–Crippen MR) is 113 cm³/mol. The maximum Gasteiger partial charge on any atom is 0.357 e. The lowest BCUT2D eigenvalue weighted by Crippen LogP contribution is -2.10. The van der Waals surface area contributed by atoms with Gasteiger partial charge in [-0.1, -0.05) is 24.0 Å². The highest BCUT2D eigenvalue weighted by Gasteiger charge is 2.18. The highest BCUT2D eigenvalue weighted by molar-refractivity contribution is 6.01. The van der Waals surface area contributed by atoms with Crippen molar-refractivity contribution in [1.29, 1.82) is 0 Å². The normalized spacial score (nSPS) is 11.7. The van der Waals surface area contributed by atoms with Gasteiger partial charge in [0.2, 0.25) is 5.89 Å². The Balaban J connectivity index is 1.72. The molecule has 0 fully saturated rings. The number of aliphatic hydroxyl groups is 1. The van der Waals surface area contributed by atoms with Gasteiger partial charge in [0.15, 0.2) is 17.6 Å². The van der Waals surface area contributed by atoms with Crippen molar-refractivity contribution in [2.45, 2.75) is 20.0 Å². The number of esters is 1. The molecule has 156 valence electrons. The molecule has 0 aliphatic heterocycles. The van der Waals surface area contributed by atoms with Crippen molar-refractivity contribution in [2.24, 2.45) is 7.05 Å². The van der Waals surface area contributed by atoms with E-state index in [4.69, 9.17) is 9.15 Å². The summed E-state index contributed by atoms with van der Waals surface area (Å²) in [6, 6.07) is 9.03. The molecule has 0 bridgehead atoms. The van der Waals surface area contributed by atoms with Crippen molar-refractivity contribution < 1.29 is 19.1 Å². The lowest BCUT2D eigenvalue weighted by atomic mass is 10.1. The zero-order valence-corrected chi connectivity index (χ0v) is 17.3. The molecule has 0 saturated heterocycles. The van der Waals surface area contributed by atoms with Gasteiger partial charge in [-0.05, 0) is 32.0 Å². The molecule has 31 heavy (non-hydrogen) atoms. The van der Waals surface area contributed by atoms with E-state index in [1.807, 2.05) is 29.9 Å². The number of carbonyl (C=O) groups excluding carboxylic acids is 1. The van der Waals surface area contributed by atoms with E-state index in [0.717, 1.165) is 0 Å². The molecule has 1 unspecified atom stereocenters. The Kier molecular flexibility index (Phi) is 5.52. The second-order valence-corrected chi connectivity index (χ2v) is 6.84. The fraction of sp³-hybridized carbons (Fsp3) is 0.217. The third-order valence-electron chi connectivity index (χ3n) is 4.54. The maximum atomic E-state index is 12.4. The van der Waals surface area contributed by atoms with Crippen molar-refractivity contribution in [2.75, 3.05) is 6.61 Å². The Morgan fingerprint density at radius 1 is 1.32 bits per heavy atom. The summed E-state index contributed by atoms with van der Waals surface area (Å²) in [6.07, 6.45) is 2.21. The number of rotatable bonds is 4. The van der Waals surface area contributed by atoms with Crippen LogP contribution in [-0.4, -0.2) is 37.2 Å². The summed E-state index contributed by atoms with van der Waals surface area (Å²) in [7, 11) is 1.85. The third-order valence-corrected chi connectivity index (χ3v) is 4.54. The molecule has 1 aromatic carbocycles. The highest BCUT2D eigenvalue weighted by Crippen LogP contribution is 2.23. The first-order valence-corrected chi connectivity index (χ1v) is 9.69. The minimum absolute atomic E-state index is 0.151. The van der Waals surface area contributed by atoms with Crippen LogP contribution < -0.4 is 0 Å². The van der Waals surface area contributed by atoms with Gasteiger partial charge in [-0.2, -0.15) is 0 Å². The van der Waals surface area contributed by atoms with Crippen LogP contribution in [0.5, 0.6) is 0 Å². The van der Waals surface area contributed by atoms with E-state index in [0.29, 0.717) is 33.7 Å². The minimum Gasteiger partial charge on any atom is -0.461 e. The molecule has 1 atom stereocenters. The number of fused-ring (bicyclic) bond motifs is 1. The van der Waals surface area contributed by atoms with Gasteiger partial charge in [-0.15, -0.1) is 0 Å². The van der Waals surface area contributed by atoms with Crippen LogP contribution in [0.1, 0.15) is 40.7 Å². The molecule has 0 amide bonds. The largest absolute Gasteiger partial charge is 0.461 e. The Morgan fingerprint density at radius 2 is 2.16 bits per heavy atom. The molecule has 8 nitrogen and oxygen atoms in total. The highest BCUT2D eigenvalue weighted by atomic mass is 16.5. The number of oxazole rings is 1. The molecule has 4 aromatic rings. The molecule has 0 radical (unpaired) electrons. The Bertz CT molecular complexity index is 1330. The van der Waals surface area contributed by atoms with Gasteiger partial charge in [0.1, 0.15) is 11.4 Å². The Hall–Kier alpha value is -3.96. The molecule has 0 aliphatic carbocycles. The number of ether oxygens (including phenoxy) is 1. The number of nitrogens with zero attached hydrogens (tertiary/aromatic N) is 4. The van der Waals surface area contributed by atoms with E-state index in [-0.39, 0.29) is 18.2 Å². The molecule has 3 aromatic heterocycles. The lowest BCUT2D eigenvalue weighted by Gasteiger charge is -2.07. The van der Waals surface area contributed by atoms with E-state index in [1.165, 1.54) is 6.20 Å². The molecule has 3 heterocycles.